The number of aryl methyl sites for hydroxylation is 1. The molecule has 0 aliphatic carbocycles. The standard InChI is InChI=1S/C16H15N3O3S2/c1-2-11-4-3-5-12(10-11)19-24(21,22)16-9-7-14(23-16)13-6-8-15(20)18-17-13/h3-10,19H,2H2,1H3,(H,18,20). The molecule has 1 aromatic carbocycles. The summed E-state index contributed by atoms with van der Waals surface area (Å²) < 4.78 is 27.8. The highest BCUT2D eigenvalue weighted by atomic mass is 32.2. The number of sulfonamides is 1. The van der Waals surface area contributed by atoms with E-state index in [9.17, 15) is 13.2 Å². The Morgan fingerprint density at radius 1 is 1.17 bits per heavy atom. The summed E-state index contributed by atoms with van der Waals surface area (Å²) in [5.41, 5.74) is 1.81. The average molecular weight is 361 g/mol. The number of anilines is 1. The van der Waals surface area contributed by atoms with Crippen LogP contribution >= 0.6 is 11.3 Å². The maximum Gasteiger partial charge on any atom is 0.271 e. The second-order valence-electron chi connectivity index (χ2n) is 5.08. The number of nitrogens with one attached hydrogen (secondary N) is 2. The fourth-order valence-corrected chi connectivity index (χ4v) is 4.47. The van der Waals surface area contributed by atoms with E-state index in [1.807, 2.05) is 25.1 Å². The van der Waals surface area contributed by atoms with E-state index in [1.54, 1.807) is 18.2 Å². The van der Waals surface area contributed by atoms with Crippen LogP contribution in [0.25, 0.3) is 10.6 Å². The molecule has 0 saturated heterocycles. The predicted molar refractivity (Wildman–Crippen MR) is 94.8 cm³/mol. The van der Waals surface area contributed by atoms with E-state index < -0.39 is 10.0 Å². The normalized spacial score (nSPS) is 11.4. The molecule has 24 heavy (non-hydrogen) atoms. The summed E-state index contributed by atoms with van der Waals surface area (Å²) in [6, 6.07) is 13.4. The molecule has 2 N–H and O–H groups in total. The third-order valence-corrected chi connectivity index (χ3v) is 6.35. The zero-order valence-electron chi connectivity index (χ0n) is 12.8. The summed E-state index contributed by atoms with van der Waals surface area (Å²) in [5.74, 6) is 0. The number of aromatic nitrogens is 2. The molecular weight excluding hydrogens is 346 g/mol. The molecule has 6 nitrogen and oxygen atoms in total. The Balaban J connectivity index is 1.87. The van der Waals surface area contributed by atoms with Gasteiger partial charge in [0.1, 0.15) is 9.90 Å². The Labute approximate surface area is 143 Å². The SMILES string of the molecule is CCc1cccc(NS(=O)(=O)c2ccc(-c3ccc(=O)[nH]n3)s2)c1. The molecule has 0 aliphatic rings. The molecule has 0 bridgehead atoms. The van der Waals surface area contributed by atoms with Gasteiger partial charge >= 0.3 is 0 Å². The van der Waals surface area contributed by atoms with Crippen LogP contribution in [0, 0.1) is 0 Å². The van der Waals surface area contributed by atoms with E-state index in [0.29, 0.717) is 16.3 Å². The van der Waals surface area contributed by atoms with Gasteiger partial charge < -0.3 is 0 Å². The molecule has 3 aromatic rings. The number of benzene rings is 1. The third kappa shape index (κ3) is 3.55. The van der Waals surface area contributed by atoms with Crippen LogP contribution in [0.15, 0.2) is 57.5 Å². The largest absolute Gasteiger partial charge is 0.279 e. The van der Waals surface area contributed by atoms with Crippen molar-refractivity contribution in [1.82, 2.24) is 10.2 Å². The topological polar surface area (TPSA) is 91.9 Å². The van der Waals surface area contributed by atoms with Gasteiger partial charge in [-0.2, -0.15) is 5.10 Å². The second-order valence-corrected chi connectivity index (χ2v) is 8.08. The molecule has 0 amide bonds. The smallest absolute Gasteiger partial charge is 0.271 e. The summed E-state index contributed by atoms with van der Waals surface area (Å²) in [5, 5.41) is 6.24. The van der Waals surface area contributed by atoms with Gasteiger partial charge in [0, 0.05) is 11.8 Å². The molecule has 0 atom stereocenters. The van der Waals surface area contributed by atoms with Crippen LogP contribution in [0.1, 0.15) is 12.5 Å². The van der Waals surface area contributed by atoms with E-state index in [4.69, 9.17) is 0 Å². The van der Waals surface area contributed by atoms with E-state index >= 15 is 0 Å². The predicted octanol–water partition coefficient (Wildman–Crippen LogP) is 2.86. The molecule has 0 saturated carbocycles. The third-order valence-electron chi connectivity index (χ3n) is 3.37. The number of H-pyrrole nitrogens is 1. The maximum atomic E-state index is 12.5. The minimum absolute atomic E-state index is 0.187. The molecule has 3 rings (SSSR count). The van der Waals surface area contributed by atoms with Crippen molar-refractivity contribution in [3.63, 3.8) is 0 Å². The molecular formula is C16H15N3O3S2. The van der Waals surface area contributed by atoms with Crippen molar-refractivity contribution < 1.29 is 8.42 Å². The molecule has 0 aliphatic heterocycles. The molecule has 2 heterocycles. The van der Waals surface area contributed by atoms with Gasteiger partial charge in [-0.05, 0) is 42.3 Å². The lowest BCUT2D eigenvalue weighted by Crippen LogP contribution is -2.11. The summed E-state index contributed by atoms with van der Waals surface area (Å²) in [6.45, 7) is 2.01. The van der Waals surface area contributed by atoms with Gasteiger partial charge in [-0.25, -0.2) is 13.5 Å². The second kappa shape index (κ2) is 6.58. The number of aromatic amines is 1. The average Bonchev–Trinajstić information content (AvgIpc) is 3.06. The summed E-state index contributed by atoms with van der Waals surface area (Å²) in [4.78, 5) is 11.7. The van der Waals surface area contributed by atoms with Gasteiger partial charge in [0.05, 0.1) is 4.88 Å². The van der Waals surface area contributed by atoms with Crippen LogP contribution < -0.4 is 10.3 Å². The summed E-state index contributed by atoms with van der Waals surface area (Å²) >= 11 is 1.09. The number of nitrogens with zero attached hydrogens (tertiary/aromatic N) is 1. The first kappa shape index (κ1) is 16.4. The van der Waals surface area contributed by atoms with Crippen molar-refractivity contribution in [1.29, 1.82) is 0 Å². The van der Waals surface area contributed by atoms with Crippen LogP contribution in [-0.2, 0) is 16.4 Å². The van der Waals surface area contributed by atoms with Crippen molar-refractivity contribution in [3.8, 4) is 10.6 Å². The lowest BCUT2D eigenvalue weighted by Gasteiger charge is -2.07. The van der Waals surface area contributed by atoms with Crippen molar-refractivity contribution in [2.24, 2.45) is 0 Å². The fourth-order valence-electron chi connectivity index (χ4n) is 2.14. The van der Waals surface area contributed by atoms with Gasteiger partial charge in [-0.1, -0.05) is 19.1 Å². The van der Waals surface area contributed by atoms with Crippen molar-refractivity contribution in [2.75, 3.05) is 4.72 Å². The maximum absolute atomic E-state index is 12.5. The van der Waals surface area contributed by atoms with Gasteiger partial charge in [0.15, 0.2) is 0 Å². The number of thiophene rings is 1. The highest BCUT2D eigenvalue weighted by Crippen LogP contribution is 2.30. The number of hydrogen-bond acceptors (Lipinski definition) is 5. The minimum atomic E-state index is -3.66. The molecule has 124 valence electrons. The lowest BCUT2D eigenvalue weighted by atomic mass is 10.1. The highest BCUT2D eigenvalue weighted by Gasteiger charge is 2.18. The first-order valence-corrected chi connectivity index (χ1v) is 9.55. The fraction of sp³-hybridized carbons (Fsp3) is 0.125. The molecule has 0 fully saturated rings. The van der Waals surface area contributed by atoms with E-state index in [-0.39, 0.29) is 9.77 Å². The van der Waals surface area contributed by atoms with Crippen molar-refractivity contribution in [3.05, 3.63) is 64.4 Å². The first-order chi connectivity index (χ1) is 11.5. The first-order valence-electron chi connectivity index (χ1n) is 7.25. The monoisotopic (exact) mass is 361 g/mol. The zero-order valence-corrected chi connectivity index (χ0v) is 14.4. The van der Waals surface area contributed by atoms with Crippen LogP contribution in [0.3, 0.4) is 0 Å². The molecule has 0 unspecified atom stereocenters. The van der Waals surface area contributed by atoms with E-state index in [0.717, 1.165) is 23.3 Å². The van der Waals surface area contributed by atoms with Gasteiger partial charge in [0.2, 0.25) is 0 Å². The number of rotatable bonds is 5. The molecule has 2 aromatic heterocycles. The Kier molecular flexibility index (Phi) is 4.50. The van der Waals surface area contributed by atoms with Gasteiger partial charge in [0.25, 0.3) is 15.6 Å². The van der Waals surface area contributed by atoms with Crippen molar-refractivity contribution in [2.45, 2.75) is 17.6 Å². The Morgan fingerprint density at radius 2 is 2.00 bits per heavy atom. The Hall–Kier alpha value is -2.45. The van der Waals surface area contributed by atoms with E-state index in [1.165, 1.54) is 12.1 Å². The molecule has 0 spiro atoms. The molecule has 0 radical (unpaired) electrons. The van der Waals surface area contributed by atoms with Crippen molar-refractivity contribution >= 4 is 27.0 Å². The number of hydrogen-bond donors (Lipinski definition) is 2. The van der Waals surface area contributed by atoms with Crippen LogP contribution in [0.4, 0.5) is 5.69 Å². The zero-order chi connectivity index (χ0) is 17.2. The minimum Gasteiger partial charge on any atom is -0.279 e. The van der Waals surface area contributed by atoms with Gasteiger partial charge in [-0.3, -0.25) is 9.52 Å². The lowest BCUT2D eigenvalue weighted by molar-refractivity contribution is 0.603. The summed E-state index contributed by atoms with van der Waals surface area (Å²) in [6.07, 6.45) is 0.830. The Bertz CT molecular complexity index is 1000. The highest BCUT2D eigenvalue weighted by molar-refractivity contribution is 7.94. The van der Waals surface area contributed by atoms with E-state index in [2.05, 4.69) is 14.9 Å². The van der Waals surface area contributed by atoms with Crippen LogP contribution in [0.2, 0.25) is 0 Å². The quantitative estimate of drug-likeness (QED) is 0.731. The Morgan fingerprint density at radius 3 is 2.71 bits per heavy atom. The van der Waals surface area contributed by atoms with Crippen LogP contribution in [-0.4, -0.2) is 18.6 Å². The molecule has 8 heteroatoms. The van der Waals surface area contributed by atoms with Gasteiger partial charge in [-0.15, -0.1) is 11.3 Å². The van der Waals surface area contributed by atoms with Crippen LogP contribution in [0.5, 0.6) is 0 Å². The summed E-state index contributed by atoms with van der Waals surface area (Å²) in [7, 11) is -3.66.